The molecule has 0 spiro atoms. The maximum atomic E-state index is 7.07. The van der Waals surface area contributed by atoms with Crippen molar-refractivity contribution in [3.05, 3.63) is 117 Å². The van der Waals surface area contributed by atoms with Crippen molar-refractivity contribution < 1.29 is 25.9 Å². The van der Waals surface area contributed by atoms with Crippen LogP contribution in [-0.4, -0.2) is 10.9 Å². The summed E-state index contributed by atoms with van der Waals surface area (Å²) in [6, 6.07) is 27.8. The molecule has 3 aromatic rings. The number of hydrogen-bond acceptors (Lipinski definition) is 2. The SMILES string of the molecule is COc1cc([O][Ti]([C]2=C(C)C=CC2)=[C](c2ccccc2)c2ccccc2)cc(C(C)(C)C)c1.Cl.Cl. The summed E-state index contributed by atoms with van der Waals surface area (Å²) < 4.78 is 15.5. The number of methoxy groups -OCH3 is 1. The van der Waals surface area contributed by atoms with Crippen LogP contribution in [0.2, 0.25) is 0 Å². The van der Waals surface area contributed by atoms with Gasteiger partial charge in [0, 0.05) is 0 Å². The summed E-state index contributed by atoms with van der Waals surface area (Å²) in [4.78, 5) is 0. The van der Waals surface area contributed by atoms with Crippen molar-refractivity contribution in [2.24, 2.45) is 0 Å². The summed E-state index contributed by atoms with van der Waals surface area (Å²) in [7, 11) is 1.72. The van der Waals surface area contributed by atoms with Crippen LogP contribution in [-0.2, 0) is 23.2 Å². The molecule has 1 aliphatic rings. The summed E-state index contributed by atoms with van der Waals surface area (Å²) in [5.74, 6) is 1.73. The van der Waals surface area contributed by atoms with Crippen molar-refractivity contribution in [1.82, 2.24) is 0 Å². The maximum absolute atomic E-state index is 7.07. The van der Waals surface area contributed by atoms with E-state index in [4.69, 9.17) is 8.06 Å². The van der Waals surface area contributed by atoms with Gasteiger partial charge in [-0.1, -0.05) is 0 Å². The van der Waals surface area contributed by atoms with Gasteiger partial charge < -0.3 is 0 Å². The molecule has 0 bridgehead atoms. The second kappa shape index (κ2) is 12.7. The van der Waals surface area contributed by atoms with E-state index in [1.807, 2.05) is 6.07 Å². The summed E-state index contributed by atoms with van der Waals surface area (Å²) in [5.41, 5.74) is 5.04. The first-order valence-corrected chi connectivity index (χ1v) is 13.7. The van der Waals surface area contributed by atoms with Gasteiger partial charge in [0.25, 0.3) is 0 Å². The Kier molecular flexibility index (Phi) is 10.6. The fraction of sp³-hybridized carbons (Fsp3) is 0.233. The van der Waals surface area contributed by atoms with Gasteiger partial charge in [0.1, 0.15) is 0 Å². The van der Waals surface area contributed by atoms with Gasteiger partial charge in [0.15, 0.2) is 0 Å². The second-order valence-corrected chi connectivity index (χ2v) is 12.5. The Labute approximate surface area is 228 Å². The first-order chi connectivity index (χ1) is 15.9. The molecule has 0 atom stereocenters. The van der Waals surface area contributed by atoms with E-state index in [0.29, 0.717) is 0 Å². The minimum absolute atomic E-state index is 0. The molecule has 0 saturated heterocycles. The van der Waals surface area contributed by atoms with Crippen LogP contribution >= 0.6 is 24.8 Å². The molecule has 0 radical (unpaired) electrons. The van der Waals surface area contributed by atoms with Crippen LogP contribution in [0.3, 0.4) is 0 Å². The molecule has 0 heterocycles. The molecule has 4 rings (SSSR count). The van der Waals surface area contributed by atoms with Gasteiger partial charge in [-0.3, -0.25) is 0 Å². The van der Waals surface area contributed by atoms with Crippen LogP contribution in [0.4, 0.5) is 0 Å². The van der Waals surface area contributed by atoms with E-state index < -0.39 is 17.8 Å². The molecule has 0 N–H and O–H groups in total. The van der Waals surface area contributed by atoms with E-state index in [-0.39, 0.29) is 30.2 Å². The summed E-state index contributed by atoms with van der Waals surface area (Å²) in [6.07, 6.45) is 5.46. The van der Waals surface area contributed by atoms with Gasteiger partial charge in [-0.05, 0) is 0 Å². The van der Waals surface area contributed by atoms with Gasteiger partial charge in [-0.25, -0.2) is 0 Å². The van der Waals surface area contributed by atoms with Crippen molar-refractivity contribution in [2.45, 2.75) is 39.5 Å². The Hall–Kier alpha value is -2.10. The number of halogens is 2. The molecule has 5 heteroatoms. The van der Waals surface area contributed by atoms with Crippen LogP contribution in [0.15, 0.2) is 100 Å². The molecule has 0 amide bonds. The summed E-state index contributed by atoms with van der Waals surface area (Å²) in [5, 5.41) is 0. The van der Waals surface area contributed by atoms with E-state index in [9.17, 15) is 0 Å². The predicted octanol–water partition coefficient (Wildman–Crippen LogP) is 8.25. The topological polar surface area (TPSA) is 18.5 Å². The molecule has 0 saturated carbocycles. The van der Waals surface area contributed by atoms with Crippen molar-refractivity contribution in [3.63, 3.8) is 0 Å². The van der Waals surface area contributed by atoms with Crippen molar-refractivity contribution in [1.29, 1.82) is 0 Å². The van der Waals surface area contributed by atoms with Crippen LogP contribution < -0.4 is 8.06 Å². The maximum Gasteiger partial charge on any atom is -0.147 e. The third-order valence-electron chi connectivity index (χ3n) is 5.99. The van der Waals surface area contributed by atoms with Crippen LogP contribution in [0.5, 0.6) is 11.5 Å². The first-order valence-electron chi connectivity index (χ1n) is 11.5. The van der Waals surface area contributed by atoms with Gasteiger partial charge in [0.05, 0.1) is 0 Å². The minimum atomic E-state index is -2.44. The summed E-state index contributed by atoms with van der Waals surface area (Å²) >= 11 is -2.44. The molecule has 1 aliphatic carbocycles. The molecule has 0 fully saturated rings. The van der Waals surface area contributed by atoms with E-state index in [1.54, 1.807) is 7.11 Å². The number of hydrogen-bond donors (Lipinski definition) is 0. The minimum Gasteiger partial charge on any atom is -0.147 e. The van der Waals surface area contributed by atoms with Gasteiger partial charge >= 0.3 is 205 Å². The Morgan fingerprint density at radius 3 is 1.80 bits per heavy atom. The van der Waals surface area contributed by atoms with E-state index >= 15 is 0 Å². The average molecular weight is 545 g/mol. The zero-order valence-electron chi connectivity index (χ0n) is 21.0. The molecule has 0 aliphatic heterocycles. The molecule has 0 unspecified atom stereocenters. The third kappa shape index (κ3) is 6.99. The van der Waals surface area contributed by atoms with Crippen molar-refractivity contribution in [3.8, 4) is 11.5 Å². The Bertz CT molecular complexity index is 1180. The van der Waals surface area contributed by atoms with Crippen molar-refractivity contribution in [2.75, 3.05) is 7.11 Å². The van der Waals surface area contributed by atoms with Crippen molar-refractivity contribution >= 4 is 28.6 Å². The zero-order valence-corrected chi connectivity index (χ0v) is 24.2. The first kappa shape index (κ1) is 29.1. The Balaban J connectivity index is 0.00000216. The quantitative estimate of drug-likeness (QED) is 0.291. The second-order valence-electron chi connectivity index (χ2n) is 9.45. The fourth-order valence-electron chi connectivity index (χ4n) is 4.09. The van der Waals surface area contributed by atoms with Crippen LogP contribution in [0.25, 0.3) is 0 Å². The fourth-order valence-corrected chi connectivity index (χ4v) is 7.97. The Morgan fingerprint density at radius 2 is 1.34 bits per heavy atom. The Morgan fingerprint density at radius 1 is 0.800 bits per heavy atom. The molecular formula is C30H34Cl2O2Ti. The zero-order chi connectivity index (χ0) is 23.4. The van der Waals surface area contributed by atoms with E-state index in [1.165, 1.54) is 30.0 Å². The smallest absolute Gasteiger partial charge is 0.147 e. The van der Waals surface area contributed by atoms with Gasteiger partial charge in [-0.15, -0.1) is 24.8 Å². The molecule has 184 valence electrons. The normalized spacial score (nSPS) is 12.5. The average Bonchev–Trinajstić information content (AvgIpc) is 3.25. The van der Waals surface area contributed by atoms with E-state index in [0.717, 1.165) is 17.9 Å². The molecular weight excluding hydrogens is 511 g/mol. The summed E-state index contributed by atoms with van der Waals surface area (Å²) in [6.45, 7) is 8.89. The third-order valence-corrected chi connectivity index (χ3v) is 10.1. The predicted molar refractivity (Wildman–Crippen MR) is 149 cm³/mol. The molecule has 35 heavy (non-hydrogen) atoms. The van der Waals surface area contributed by atoms with E-state index in [2.05, 4.69) is 113 Å². The number of allylic oxidation sites excluding steroid dienone is 4. The monoisotopic (exact) mass is 544 g/mol. The van der Waals surface area contributed by atoms with Gasteiger partial charge in [0.2, 0.25) is 0 Å². The molecule has 3 aromatic carbocycles. The largest absolute Gasteiger partial charge is 0.147 e. The molecule has 0 aromatic heterocycles. The molecule has 2 nitrogen and oxygen atoms in total. The van der Waals surface area contributed by atoms with Crippen LogP contribution in [0.1, 0.15) is 50.8 Å². The number of rotatable bonds is 6. The number of ether oxygens (including phenoxy) is 1. The number of benzene rings is 3. The van der Waals surface area contributed by atoms with Gasteiger partial charge in [-0.2, -0.15) is 0 Å². The van der Waals surface area contributed by atoms with Crippen LogP contribution in [0, 0.1) is 0 Å². The standard InChI is InChI=1S/C13H10.C11H16O2.C6H7.2ClH.Ti/c1-3-7-12(8-4-1)11-13-9-5-2-6-10-13;1-11(2,3)8-5-9(12)7-10(6-8)13-4;1-6-4-2-3-5-6;;;/h1-10H;5-7,12H,1-4H3;2,4H,3H2,1H3;2*1H;/q;;;;;+1/p-1.